The van der Waals surface area contributed by atoms with Crippen LogP contribution in [0.5, 0.6) is 0 Å². The second-order valence-corrected chi connectivity index (χ2v) is 4.72. The number of halogens is 3. The number of nitrogens with zero attached hydrogens (tertiary/aromatic N) is 1. The Labute approximate surface area is 103 Å². The molecule has 1 aromatic rings. The lowest BCUT2D eigenvalue weighted by atomic mass is 10.1. The summed E-state index contributed by atoms with van der Waals surface area (Å²) in [5.41, 5.74) is -0.648. The molecular formula is C13H13F3N2. The number of anilines is 1. The first-order valence-electron chi connectivity index (χ1n) is 5.77. The number of benzene rings is 1. The van der Waals surface area contributed by atoms with E-state index >= 15 is 0 Å². The standard InChI is InChI=1S/C13H13F3N2/c1-8-4-10(8)7-18-11-2-3-12(13(14,15)16)9(5-11)6-17/h2-3,5,8,10,18H,4,7H2,1H3. The molecule has 0 bridgehead atoms. The maximum absolute atomic E-state index is 12.6. The molecule has 1 aromatic carbocycles. The third-order valence-electron chi connectivity index (χ3n) is 3.29. The molecular weight excluding hydrogens is 241 g/mol. The molecule has 1 fully saturated rings. The van der Waals surface area contributed by atoms with E-state index in [0.717, 1.165) is 19.0 Å². The van der Waals surface area contributed by atoms with Gasteiger partial charge in [-0.25, -0.2) is 0 Å². The minimum absolute atomic E-state index is 0.337. The second kappa shape index (κ2) is 4.52. The Kier molecular flexibility index (Phi) is 3.20. The van der Waals surface area contributed by atoms with Crippen molar-refractivity contribution in [3.8, 4) is 6.07 Å². The smallest absolute Gasteiger partial charge is 0.385 e. The molecule has 0 amide bonds. The number of hydrogen-bond acceptors (Lipinski definition) is 2. The highest BCUT2D eigenvalue weighted by atomic mass is 19.4. The lowest BCUT2D eigenvalue weighted by Crippen LogP contribution is -2.09. The summed E-state index contributed by atoms with van der Waals surface area (Å²) in [5, 5.41) is 11.8. The zero-order chi connectivity index (χ0) is 13.3. The summed E-state index contributed by atoms with van der Waals surface area (Å²) in [6.45, 7) is 2.89. The number of hydrogen-bond donors (Lipinski definition) is 1. The first-order chi connectivity index (χ1) is 8.41. The van der Waals surface area contributed by atoms with Crippen molar-refractivity contribution in [3.05, 3.63) is 29.3 Å². The van der Waals surface area contributed by atoms with E-state index < -0.39 is 11.7 Å². The predicted molar refractivity (Wildman–Crippen MR) is 61.9 cm³/mol. The highest BCUT2D eigenvalue weighted by Gasteiger charge is 2.34. The van der Waals surface area contributed by atoms with Gasteiger partial charge in [0.1, 0.15) is 0 Å². The van der Waals surface area contributed by atoms with Gasteiger partial charge in [0.25, 0.3) is 0 Å². The fourth-order valence-electron chi connectivity index (χ4n) is 1.93. The maximum Gasteiger partial charge on any atom is 0.417 e. The Morgan fingerprint density at radius 3 is 2.61 bits per heavy atom. The van der Waals surface area contributed by atoms with Gasteiger partial charge in [-0.15, -0.1) is 0 Å². The normalized spacial score (nSPS) is 22.4. The van der Waals surface area contributed by atoms with Gasteiger partial charge in [0.15, 0.2) is 0 Å². The molecule has 1 saturated carbocycles. The van der Waals surface area contributed by atoms with Crippen LogP contribution in [0, 0.1) is 23.2 Å². The zero-order valence-corrected chi connectivity index (χ0v) is 9.88. The average molecular weight is 254 g/mol. The van der Waals surface area contributed by atoms with Gasteiger partial charge in [-0.2, -0.15) is 18.4 Å². The summed E-state index contributed by atoms with van der Waals surface area (Å²) < 4.78 is 37.7. The second-order valence-electron chi connectivity index (χ2n) is 4.72. The van der Waals surface area contributed by atoms with Crippen LogP contribution in [0.3, 0.4) is 0 Å². The number of nitrogens with one attached hydrogen (secondary N) is 1. The molecule has 2 nitrogen and oxygen atoms in total. The topological polar surface area (TPSA) is 35.8 Å². The van der Waals surface area contributed by atoms with Crippen LogP contribution in [0.25, 0.3) is 0 Å². The van der Waals surface area contributed by atoms with E-state index in [1.54, 1.807) is 6.07 Å². The van der Waals surface area contributed by atoms with Gasteiger partial charge in [-0.1, -0.05) is 6.92 Å². The first kappa shape index (κ1) is 12.7. The molecule has 2 unspecified atom stereocenters. The van der Waals surface area contributed by atoms with Crippen LogP contribution in [0.4, 0.5) is 18.9 Å². The van der Waals surface area contributed by atoms with E-state index in [2.05, 4.69) is 12.2 Å². The van der Waals surface area contributed by atoms with Gasteiger partial charge in [0.2, 0.25) is 0 Å². The van der Waals surface area contributed by atoms with Crippen molar-refractivity contribution >= 4 is 5.69 Å². The molecule has 5 heteroatoms. The van der Waals surface area contributed by atoms with Crippen molar-refractivity contribution in [1.82, 2.24) is 0 Å². The summed E-state index contributed by atoms with van der Waals surface area (Å²) in [6, 6.07) is 5.18. The van der Waals surface area contributed by atoms with Crippen LogP contribution in [-0.4, -0.2) is 6.54 Å². The maximum atomic E-state index is 12.6. The lowest BCUT2D eigenvalue weighted by molar-refractivity contribution is -0.137. The first-order valence-corrected chi connectivity index (χ1v) is 5.77. The number of nitriles is 1. The Bertz CT molecular complexity index is 488. The Balaban J connectivity index is 2.12. The van der Waals surface area contributed by atoms with Crippen LogP contribution in [0.15, 0.2) is 18.2 Å². The minimum atomic E-state index is -4.48. The SMILES string of the molecule is CC1CC1CNc1ccc(C(F)(F)F)c(C#N)c1. The molecule has 0 aliphatic heterocycles. The molecule has 1 aliphatic carbocycles. The molecule has 0 radical (unpaired) electrons. The highest BCUT2D eigenvalue weighted by molar-refractivity contribution is 5.53. The summed E-state index contributed by atoms with van der Waals surface area (Å²) in [5.74, 6) is 1.28. The van der Waals surface area contributed by atoms with Crippen LogP contribution in [0.1, 0.15) is 24.5 Å². The van der Waals surface area contributed by atoms with Crippen LogP contribution < -0.4 is 5.32 Å². The summed E-state index contributed by atoms with van der Waals surface area (Å²) >= 11 is 0. The molecule has 18 heavy (non-hydrogen) atoms. The fourth-order valence-corrected chi connectivity index (χ4v) is 1.93. The van der Waals surface area contributed by atoms with E-state index in [-0.39, 0.29) is 5.56 Å². The summed E-state index contributed by atoms with van der Waals surface area (Å²) in [7, 11) is 0. The van der Waals surface area contributed by atoms with Gasteiger partial charge >= 0.3 is 6.18 Å². The van der Waals surface area contributed by atoms with E-state index in [4.69, 9.17) is 5.26 Å². The largest absolute Gasteiger partial charge is 0.417 e. The Hall–Kier alpha value is -1.70. The van der Waals surface area contributed by atoms with Crippen molar-refractivity contribution in [2.75, 3.05) is 11.9 Å². The number of rotatable bonds is 3. The predicted octanol–water partition coefficient (Wildman–Crippen LogP) is 3.64. The molecule has 0 aromatic heterocycles. The number of alkyl halides is 3. The van der Waals surface area contributed by atoms with Crippen LogP contribution in [-0.2, 0) is 6.18 Å². The van der Waals surface area contributed by atoms with E-state index in [1.807, 2.05) is 0 Å². The highest BCUT2D eigenvalue weighted by Crippen LogP contribution is 2.38. The van der Waals surface area contributed by atoms with Gasteiger partial charge in [0, 0.05) is 12.2 Å². The third-order valence-corrected chi connectivity index (χ3v) is 3.29. The van der Waals surface area contributed by atoms with Crippen LogP contribution in [0.2, 0.25) is 0 Å². The molecule has 0 heterocycles. The molecule has 96 valence electrons. The van der Waals surface area contributed by atoms with Gasteiger partial charge in [-0.3, -0.25) is 0 Å². The quantitative estimate of drug-likeness (QED) is 0.893. The van der Waals surface area contributed by atoms with Gasteiger partial charge < -0.3 is 5.32 Å². The lowest BCUT2D eigenvalue weighted by Gasteiger charge is -2.11. The van der Waals surface area contributed by atoms with Gasteiger partial charge in [0.05, 0.1) is 17.2 Å². The van der Waals surface area contributed by atoms with Gasteiger partial charge in [-0.05, 0) is 36.5 Å². The van der Waals surface area contributed by atoms with Crippen molar-refractivity contribution in [2.24, 2.45) is 11.8 Å². The van der Waals surface area contributed by atoms with E-state index in [1.165, 1.54) is 12.1 Å². The Morgan fingerprint density at radius 2 is 2.11 bits per heavy atom. The molecule has 1 aliphatic rings. The summed E-state index contributed by atoms with van der Waals surface area (Å²) in [4.78, 5) is 0. The Morgan fingerprint density at radius 1 is 1.44 bits per heavy atom. The summed E-state index contributed by atoms with van der Waals surface area (Å²) in [6.07, 6.45) is -3.33. The minimum Gasteiger partial charge on any atom is -0.385 e. The van der Waals surface area contributed by atoms with Crippen molar-refractivity contribution in [3.63, 3.8) is 0 Å². The van der Waals surface area contributed by atoms with Crippen molar-refractivity contribution in [1.29, 1.82) is 5.26 Å². The average Bonchev–Trinajstić information content (AvgIpc) is 3.01. The molecule has 2 rings (SSSR count). The van der Waals surface area contributed by atoms with E-state index in [0.29, 0.717) is 17.5 Å². The molecule has 1 N–H and O–H groups in total. The molecule has 2 atom stereocenters. The monoisotopic (exact) mass is 254 g/mol. The molecule has 0 spiro atoms. The van der Waals surface area contributed by atoms with Crippen molar-refractivity contribution in [2.45, 2.75) is 19.5 Å². The fraction of sp³-hybridized carbons (Fsp3) is 0.462. The third kappa shape index (κ3) is 2.76. The zero-order valence-electron chi connectivity index (χ0n) is 9.88. The van der Waals surface area contributed by atoms with Crippen LogP contribution >= 0.6 is 0 Å². The van der Waals surface area contributed by atoms with E-state index in [9.17, 15) is 13.2 Å². The van der Waals surface area contributed by atoms with Crippen molar-refractivity contribution < 1.29 is 13.2 Å². The molecule has 0 saturated heterocycles.